The summed E-state index contributed by atoms with van der Waals surface area (Å²) in [4.78, 5) is 29.1. The van der Waals surface area contributed by atoms with Crippen molar-refractivity contribution in [3.8, 4) is 23.0 Å². The van der Waals surface area contributed by atoms with E-state index in [9.17, 15) is 27.2 Å². The molecular formula is C29H32F4N4O5. The molecule has 13 heteroatoms. The Labute approximate surface area is 239 Å². The van der Waals surface area contributed by atoms with Gasteiger partial charge < -0.3 is 30.3 Å². The summed E-state index contributed by atoms with van der Waals surface area (Å²) >= 11 is 0. The molecule has 9 nitrogen and oxygen atoms in total. The van der Waals surface area contributed by atoms with Gasteiger partial charge in [0, 0.05) is 36.2 Å². The maximum absolute atomic E-state index is 13.9. The van der Waals surface area contributed by atoms with Crippen LogP contribution in [-0.2, 0) is 17.9 Å². The highest BCUT2D eigenvalue weighted by Crippen LogP contribution is 2.34. The minimum atomic E-state index is -3.09. The summed E-state index contributed by atoms with van der Waals surface area (Å²) in [6.45, 7) is -3.39. The van der Waals surface area contributed by atoms with E-state index >= 15 is 0 Å². The van der Waals surface area contributed by atoms with Crippen molar-refractivity contribution in [1.29, 1.82) is 0 Å². The highest BCUT2D eigenvalue weighted by atomic mass is 19.3. The number of unbranched alkanes of at least 4 members (excludes halogenated alkanes) is 1. The first-order valence-corrected chi connectivity index (χ1v) is 13.7. The molecule has 4 N–H and O–H groups in total. The fourth-order valence-electron chi connectivity index (χ4n) is 4.60. The Kier molecular flexibility index (Phi) is 10.8. The molecule has 2 amide bonds. The van der Waals surface area contributed by atoms with Crippen LogP contribution in [-0.4, -0.2) is 36.1 Å². The molecule has 1 heterocycles. The first kappa shape index (κ1) is 30.8. The molecule has 2 aromatic carbocycles. The predicted molar refractivity (Wildman–Crippen MR) is 144 cm³/mol. The summed E-state index contributed by atoms with van der Waals surface area (Å²) in [6.07, 6.45) is 5.60. The van der Waals surface area contributed by atoms with Crippen molar-refractivity contribution in [2.75, 3.05) is 6.61 Å². The normalized spacial score (nSPS) is 13.4. The number of hydrogen-bond donors (Lipinski definition) is 3. The molecule has 42 heavy (non-hydrogen) atoms. The van der Waals surface area contributed by atoms with Gasteiger partial charge in [0.25, 0.3) is 5.91 Å². The van der Waals surface area contributed by atoms with E-state index in [2.05, 4.69) is 20.4 Å². The molecular weight excluding hydrogens is 560 g/mol. The molecule has 0 radical (unpaired) electrons. The van der Waals surface area contributed by atoms with E-state index in [1.807, 2.05) is 0 Å². The van der Waals surface area contributed by atoms with Gasteiger partial charge in [-0.15, -0.1) is 0 Å². The Balaban J connectivity index is 1.40. The van der Waals surface area contributed by atoms with Crippen molar-refractivity contribution >= 4 is 11.8 Å². The molecule has 1 saturated carbocycles. The second-order valence-electron chi connectivity index (χ2n) is 9.81. The summed E-state index contributed by atoms with van der Waals surface area (Å²) in [5, 5.41) is 5.50. The number of rotatable bonds is 14. The van der Waals surface area contributed by atoms with Crippen LogP contribution in [0.15, 0.2) is 40.8 Å². The largest absolute Gasteiger partial charge is 0.490 e. The fourth-order valence-corrected chi connectivity index (χ4v) is 4.60. The standard InChI is InChI=1S/C29H32F4N4O5/c30-19-10-8-18(21(31)14-19)16-35-27(39)26-24(15-34)41-28(37-26)17-9-11-22(42-29(32)33)23(13-17)40-12-4-3-7-25(38)36-20-5-1-2-6-20/h8-11,13-14,20,29H,1-7,12,15-16,34H2,(H,35,39)(H,36,38). The Morgan fingerprint density at radius 1 is 1.07 bits per heavy atom. The monoisotopic (exact) mass is 592 g/mol. The average Bonchev–Trinajstić information content (AvgIpc) is 3.63. The van der Waals surface area contributed by atoms with Gasteiger partial charge in [-0.2, -0.15) is 8.78 Å². The average molecular weight is 593 g/mol. The first-order chi connectivity index (χ1) is 20.2. The zero-order chi connectivity index (χ0) is 30.1. The lowest BCUT2D eigenvalue weighted by atomic mass is 10.2. The second kappa shape index (κ2) is 14.7. The van der Waals surface area contributed by atoms with Crippen molar-refractivity contribution in [2.24, 2.45) is 5.73 Å². The van der Waals surface area contributed by atoms with Gasteiger partial charge in [0.2, 0.25) is 11.8 Å². The zero-order valence-corrected chi connectivity index (χ0v) is 22.8. The number of aromatic nitrogens is 1. The SMILES string of the molecule is NCc1oc(-c2ccc(OC(F)F)c(OCCCCC(=O)NC3CCCC3)c2)nc1C(=O)NCc1ccc(F)cc1F. The van der Waals surface area contributed by atoms with Crippen LogP contribution in [0.4, 0.5) is 17.6 Å². The first-order valence-electron chi connectivity index (χ1n) is 13.7. The van der Waals surface area contributed by atoms with Gasteiger partial charge in [-0.05, 0) is 49.9 Å². The summed E-state index contributed by atoms with van der Waals surface area (Å²) in [5.41, 5.74) is 5.93. The molecule has 0 saturated heterocycles. The van der Waals surface area contributed by atoms with E-state index < -0.39 is 24.2 Å². The van der Waals surface area contributed by atoms with Crippen LogP contribution < -0.4 is 25.8 Å². The number of oxazole rings is 1. The predicted octanol–water partition coefficient (Wildman–Crippen LogP) is 5.22. The van der Waals surface area contributed by atoms with Crippen LogP contribution in [0.5, 0.6) is 11.5 Å². The molecule has 1 fully saturated rings. The number of ether oxygens (including phenoxy) is 2. The number of carbonyl (C=O) groups excluding carboxylic acids is 2. The van der Waals surface area contributed by atoms with E-state index in [-0.39, 0.29) is 66.1 Å². The Bertz CT molecular complexity index is 1380. The molecule has 0 aliphatic heterocycles. The van der Waals surface area contributed by atoms with E-state index in [0.29, 0.717) is 30.9 Å². The van der Waals surface area contributed by atoms with Crippen molar-refractivity contribution < 1.29 is 41.0 Å². The Morgan fingerprint density at radius 3 is 2.57 bits per heavy atom. The van der Waals surface area contributed by atoms with Gasteiger partial charge in [-0.1, -0.05) is 18.9 Å². The molecule has 0 atom stereocenters. The van der Waals surface area contributed by atoms with Crippen LogP contribution in [0.25, 0.3) is 11.5 Å². The minimum absolute atomic E-state index is 0.00603. The van der Waals surface area contributed by atoms with Crippen molar-refractivity contribution in [3.05, 3.63) is 65.1 Å². The van der Waals surface area contributed by atoms with Crippen molar-refractivity contribution in [3.63, 3.8) is 0 Å². The molecule has 0 bridgehead atoms. The zero-order valence-electron chi connectivity index (χ0n) is 22.8. The lowest BCUT2D eigenvalue weighted by Gasteiger charge is -2.14. The van der Waals surface area contributed by atoms with E-state index in [0.717, 1.165) is 31.7 Å². The Morgan fingerprint density at radius 2 is 1.86 bits per heavy atom. The van der Waals surface area contributed by atoms with Crippen LogP contribution in [0, 0.1) is 11.6 Å². The van der Waals surface area contributed by atoms with Gasteiger partial charge in [-0.25, -0.2) is 13.8 Å². The number of nitrogens with zero attached hydrogens (tertiary/aromatic N) is 1. The van der Waals surface area contributed by atoms with Gasteiger partial charge >= 0.3 is 6.61 Å². The molecule has 0 spiro atoms. The summed E-state index contributed by atoms with van der Waals surface area (Å²) < 4.78 is 69.0. The van der Waals surface area contributed by atoms with Gasteiger partial charge in [0.05, 0.1) is 13.2 Å². The number of benzene rings is 2. The molecule has 4 rings (SSSR count). The number of nitrogens with two attached hydrogens (primary N) is 1. The number of nitrogens with one attached hydrogen (secondary N) is 2. The number of amides is 2. The second-order valence-corrected chi connectivity index (χ2v) is 9.81. The van der Waals surface area contributed by atoms with Crippen molar-refractivity contribution in [2.45, 2.75) is 70.7 Å². The van der Waals surface area contributed by atoms with Crippen LogP contribution in [0.2, 0.25) is 0 Å². The van der Waals surface area contributed by atoms with Crippen LogP contribution in [0.1, 0.15) is 66.8 Å². The third-order valence-corrected chi connectivity index (χ3v) is 6.74. The van der Waals surface area contributed by atoms with E-state index in [4.69, 9.17) is 14.9 Å². The molecule has 0 unspecified atom stereocenters. The summed E-state index contributed by atoms with van der Waals surface area (Å²) in [6, 6.07) is 7.26. The molecule has 1 aliphatic rings. The quantitative estimate of drug-likeness (QED) is 0.173. The maximum Gasteiger partial charge on any atom is 0.387 e. The highest BCUT2D eigenvalue weighted by Gasteiger charge is 2.22. The molecule has 226 valence electrons. The third kappa shape index (κ3) is 8.44. The maximum atomic E-state index is 13.9. The summed E-state index contributed by atoms with van der Waals surface area (Å²) in [7, 11) is 0. The third-order valence-electron chi connectivity index (χ3n) is 6.74. The molecule has 1 aromatic heterocycles. The number of halogens is 4. The van der Waals surface area contributed by atoms with Gasteiger partial charge in [0.15, 0.2) is 23.0 Å². The van der Waals surface area contributed by atoms with E-state index in [1.165, 1.54) is 24.3 Å². The fraction of sp³-hybridized carbons (Fsp3) is 0.414. The topological polar surface area (TPSA) is 129 Å². The van der Waals surface area contributed by atoms with Crippen LogP contribution in [0.3, 0.4) is 0 Å². The number of carbonyl (C=O) groups is 2. The lowest BCUT2D eigenvalue weighted by molar-refractivity contribution is -0.121. The van der Waals surface area contributed by atoms with Crippen LogP contribution >= 0.6 is 0 Å². The van der Waals surface area contributed by atoms with Gasteiger partial charge in [-0.3, -0.25) is 9.59 Å². The number of hydrogen-bond acceptors (Lipinski definition) is 7. The smallest absolute Gasteiger partial charge is 0.387 e. The summed E-state index contributed by atoms with van der Waals surface area (Å²) in [5.74, 6) is -2.51. The lowest BCUT2D eigenvalue weighted by Crippen LogP contribution is -2.32. The van der Waals surface area contributed by atoms with Crippen molar-refractivity contribution in [1.82, 2.24) is 15.6 Å². The highest BCUT2D eigenvalue weighted by molar-refractivity contribution is 5.93. The molecule has 1 aliphatic carbocycles. The molecule has 3 aromatic rings. The van der Waals surface area contributed by atoms with E-state index in [1.54, 1.807) is 0 Å². The Hall–Kier alpha value is -4.13. The van der Waals surface area contributed by atoms with Gasteiger partial charge in [0.1, 0.15) is 11.6 Å². The number of alkyl halides is 2. The minimum Gasteiger partial charge on any atom is -0.490 e.